The molecule has 1 unspecified atom stereocenters. The maximum absolute atomic E-state index is 9.73. The number of furan rings is 1. The van der Waals surface area contributed by atoms with Gasteiger partial charge in [0.2, 0.25) is 5.82 Å². The van der Waals surface area contributed by atoms with Crippen molar-refractivity contribution in [2.24, 2.45) is 0 Å². The Labute approximate surface area is 174 Å². The molecule has 4 aromatic rings. The average Bonchev–Trinajstić information content (AvgIpc) is 3.40. The molecule has 0 spiro atoms. The van der Waals surface area contributed by atoms with Crippen LogP contribution in [0.2, 0.25) is 0 Å². The van der Waals surface area contributed by atoms with Crippen molar-refractivity contribution in [1.82, 2.24) is 14.8 Å². The van der Waals surface area contributed by atoms with Crippen molar-refractivity contribution in [2.45, 2.75) is 30.3 Å². The number of hydrogen-bond donors (Lipinski definition) is 0. The predicted molar refractivity (Wildman–Crippen MR) is 113 cm³/mol. The van der Waals surface area contributed by atoms with Crippen molar-refractivity contribution in [3.8, 4) is 17.7 Å². The first-order valence-corrected chi connectivity index (χ1v) is 10.2. The molecule has 5 nitrogen and oxygen atoms in total. The summed E-state index contributed by atoms with van der Waals surface area (Å²) >= 11 is 1.44. The molecular formula is C23H20N4OS. The summed E-state index contributed by atoms with van der Waals surface area (Å²) in [5, 5.41) is 18.9. The number of benzene rings is 2. The fourth-order valence-corrected chi connectivity index (χ4v) is 4.00. The second-order valence-electron chi connectivity index (χ2n) is 6.78. The molecule has 1 atom stereocenters. The minimum absolute atomic E-state index is 0.263. The normalized spacial score (nSPS) is 11.9. The van der Waals surface area contributed by atoms with Crippen LogP contribution in [-0.4, -0.2) is 20.0 Å². The van der Waals surface area contributed by atoms with E-state index >= 15 is 0 Å². The molecule has 144 valence electrons. The van der Waals surface area contributed by atoms with Crippen molar-refractivity contribution in [2.75, 3.05) is 0 Å². The van der Waals surface area contributed by atoms with Gasteiger partial charge in [0.25, 0.3) is 0 Å². The standard InChI is InChI=1S/C23H20N4OS/c1-17-9-11-18(12-10-17)14-20(15-24)29-23-26-25-22(21-8-5-13-28-21)27(23)16-19-6-3-2-4-7-19/h2-13,20H,14,16H2,1H3. The van der Waals surface area contributed by atoms with Gasteiger partial charge in [0.1, 0.15) is 5.25 Å². The molecule has 0 aliphatic rings. The maximum atomic E-state index is 9.73. The lowest BCUT2D eigenvalue weighted by molar-refractivity contribution is 0.569. The summed E-state index contributed by atoms with van der Waals surface area (Å²) < 4.78 is 7.56. The van der Waals surface area contributed by atoms with E-state index in [1.54, 1.807) is 6.26 Å². The molecule has 0 saturated heterocycles. The van der Waals surface area contributed by atoms with Gasteiger partial charge in [-0.2, -0.15) is 5.26 Å². The van der Waals surface area contributed by atoms with Gasteiger partial charge in [-0.25, -0.2) is 0 Å². The molecule has 0 bridgehead atoms. The number of nitrogens with zero attached hydrogens (tertiary/aromatic N) is 4. The van der Waals surface area contributed by atoms with Crippen LogP contribution in [0.25, 0.3) is 11.6 Å². The van der Waals surface area contributed by atoms with E-state index in [0.717, 1.165) is 11.1 Å². The van der Waals surface area contributed by atoms with Gasteiger partial charge in [-0.1, -0.05) is 71.9 Å². The van der Waals surface area contributed by atoms with Gasteiger partial charge in [-0.05, 0) is 36.6 Å². The second kappa shape index (κ2) is 8.80. The molecule has 0 aliphatic heterocycles. The molecule has 0 N–H and O–H groups in total. The van der Waals surface area contributed by atoms with Crippen LogP contribution in [-0.2, 0) is 13.0 Å². The van der Waals surface area contributed by atoms with Gasteiger partial charge in [0, 0.05) is 0 Å². The van der Waals surface area contributed by atoms with Crippen molar-refractivity contribution < 1.29 is 4.42 Å². The van der Waals surface area contributed by atoms with E-state index < -0.39 is 0 Å². The summed E-state index contributed by atoms with van der Waals surface area (Å²) in [6.07, 6.45) is 2.27. The van der Waals surface area contributed by atoms with Gasteiger partial charge in [-0.3, -0.25) is 4.57 Å². The SMILES string of the molecule is Cc1ccc(CC(C#N)Sc2nnc(-c3ccco3)n2Cc2ccccc2)cc1. The van der Waals surface area contributed by atoms with E-state index in [4.69, 9.17) is 4.42 Å². The molecule has 0 aliphatic carbocycles. The lowest BCUT2D eigenvalue weighted by Crippen LogP contribution is -2.09. The minimum Gasteiger partial charge on any atom is -0.461 e. The van der Waals surface area contributed by atoms with Gasteiger partial charge in [0.05, 0.1) is 18.9 Å². The third-order valence-corrected chi connectivity index (χ3v) is 5.64. The van der Waals surface area contributed by atoms with Gasteiger partial charge in [0.15, 0.2) is 10.9 Å². The summed E-state index contributed by atoms with van der Waals surface area (Å²) in [7, 11) is 0. The fraction of sp³-hybridized carbons (Fsp3) is 0.174. The molecule has 29 heavy (non-hydrogen) atoms. The Morgan fingerprint density at radius 3 is 2.48 bits per heavy atom. The number of thioether (sulfide) groups is 1. The van der Waals surface area contributed by atoms with Crippen molar-refractivity contribution in [3.63, 3.8) is 0 Å². The number of rotatable bonds is 7. The zero-order valence-electron chi connectivity index (χ0n) is 16.0. The molecule has 0 saturated carbocycles. The highest BCUT2D eigenvalue weighted by atomic mass is 32.2. The van der Waals surface area contributed by atoms with Crippen LogP contribution in [0, 0.1) is 18.3 Å². The summed E-state index contributed by atoms with van der Waals surface area (Å²) in [5.41, 5.74) is 3.48. The first kappa shape index (κ1) is 19.0. The van der Waals surface area contributed by atoms with E-state index in [1.165, 1.54) is 17.3 Å². The Bertz CT molecular complexity index is 1100. The summed E-state index contributed by atoms with van der Waals surface area (Å²) in [4.78, 5) is 0. The highest BCUT2D eigenvalue weighted by Crippen LogP contribution is 2.29. The third-order valence-electron chi connectivity index (χ3n) is 4.58. The first-order chi connectivity index (χ1) is 14.2. The third kappa shape index (κ3) is 4.58. The number of nitriles is 1. The van der Waals surface area contributed by atoms with E-state index in [9.17, 15) is 5.26 Å². The molecular weight excluding hydrogens is 380 g/mol. The maximum Gasteiger partial charge on any atom is 0.200 e. The van der Waals surface area contributed by atoms with Crippen LogP contribution in [0.15, 0.2) is 82.6 Å². The molecule has 4 rings (SSSR count). The Kier molecular flexibility index (Phi) is 5.78. The Hall–Kier alpha value is -3.30. The van der Waals surface area contributed by atoms with E-state index in [0.29, 0.717) is 29.7 Å². The van der Waals surface area contributed by atoms with Crippen LogP contribution >= 0.6 is 11.8 Å². The zero-order valence-corrected chi connectivity index (χ0v) is 16.8. The lowest BCUT2D eigenvalue weighted by atomic mass is 10.1. The van der Waals surface area contributed by atoms with Gasteiger partial charge >= 0.3 is 0 Å². The van der Waals surface area contributed by atoms with E-state index in [2.05, 4.69) is 59.6 Å². The fourth-order valence-electron chi connectivity index (χ4n) is 3.05. The average molecular weight is 401 g/mol. The molecule has 0 amide bonds. The molecule has 2 aromatic carbocycles. The van der Waals surface area contributed by atoms with Crippen LogP contribution < -0.4 is 0 Å². The van der Waals surface area contributed by atoms with Crippen molar-refractivity contribution in [1.29, 1.82) is 5.26 Å². The molecule has 2 aromatic heterocycles. The van der Waals surface area contributed by atoms with Gasteiger partial charge in [-0.15, -0.1) is 10.2 Å². The first-order valence-electron chi connectivity index (χ1n) is 9.36. The highest BCUT2D eigenvalue weighted by molar-refractivity contribution is 8.00. The molecule has 2 heterocycles. The van der Waals surface area contributed by atoms with Gasteiger partial charge < -0.3 is 4.42 Å². The quantitative estimate of drug-likeness (QED) is 0.403. The second-order valence-corrected chi connectivity index (χ2v) is 7.95. The number of aryl methyl sites for hydroxylation is 1. The number of aromatic nitrogens is 3. The summed E-state index contributed by atoms with van der Waals surface area (Å²) in [5.74, 6) is 1.32. The van der Waals surface area contributed by atoms with E-state index in [1.807, 2.05) is 34.9 Å². The Balaban J connectivity index is 1.62. The monoisotopic (exact) mass is 400 g/mol. The largest absolute Gasteiger partial charge is 0.461 e. The lowest BCUT2D eigenvalue weighted by Gasteiger charge is -2.12. The zero-order chi connectivity index (χ0) is 20.1. The van der Waals surface area contributed by atoms with Crippen molar-refractivity contribution >= 4 is 11.8 Å². The molecule has 0 radical (unpaired) electrons. The van der Waals surface area contributed by atoms with E-state index in [-0.39, 0.29) is 5.25 Å². The number of hydrogen-bond acceptors (Lipinski definition) is 5. The summed E-state index contributed by atoms with van der Waals surface area (Å²) in [6.45, 7) is 2.66. The Morgan fingerprint density at radius 1 is 1.00 bits per heavy atom. The highest BCUT2D eigenvalue weighted by Gasteiger charge is 2.20. The van der Waals surface area contributed by atoms with Crippen LogP contribution in [0.3, 0.4) is 0 Å². The van der Waals surface area contributed by atoms with Crippen molar-refractivity contribution in [3.05, 3.63) is 89.7 Å². The predicted octanol–water partition coefficient (Wildman–Crippen LogP) is 5.12. The van der Waals surface area contributed by atoms with Crippen LogP contribution in [0.1, 0.15) is 16.7 Å². The Morgan fingerprint density at radius 2 is 1.79 bits per heavy atom. The minimum atomic E-state index is -0.263. The smallest absolute Gasteiger partial charge is 0.200 e. The van der Waals surface area contributed by atoms with Crippen LogP contribution in [0.4, 0.5) is 0 Å². The van der Waals surface area contributed by atoms with Crippen LogP contribution in [0.5, 0.6) is 0 Å². The molecule has 0 fully saturated rings. The topological polar surface area (TPSA) is 67.6 Å². The summed E-state index contributed by atoms with van der Waals surface area (Å²) in [6, 6.07) is 24.5. The molecule has 6 heteroatoms.